The number of benzene rings is 3. The van der Waals surface area contributed by atoms with Crippen LogP contribution in [-0.4, -0.2) is 39.0 Å². The molecule has 0 radical (unpaired) electrons. The maximum atomic E-state index is 13.4. The molecular weight excluding hydrogens is 474 g/mol. The van der Waals surface area contributed by atoms with Gasteiger partial charge in [-0.25, -0.2) is 8.42 Å². The summed E-state index contributed by atoms with van der Waals surface area (Å²) in [5.74, 6) is 0.599. The topological polar surface area (TPSA) is 128 Å². The van der Waals surface area contributed by atoms with Gasteiger partial charge in [0, 0.05) is 12.1 Å². The standard InChI is InChI=1S/C24H23N3O7S/c1-17(18-10-11-22-23(14-18)34-13-12-33-22)25-24(28)16-26(19-6-5-7-20(15-19)27(29)30)35(31,32)21-8-3-2-4-9-21/h2-11,14-15,17H,12-13,16H2,1H3,(H,25,28)/t17-/m1/s1. The first-order valence-electron chi connectivity index (χ1n) is 10.8. The molecule has 0 aromatic heterocycles. The van der Waals surface area contributed by atoms with Crippen molar-refractivity contribution in [1.82, 2.24) is 5.32 Å². The minimum atomic E-state index is -4.19. The van der Waals surface area contributed by atoms with Crippen LogP contribution in [0.1, 0.15) is 18.5 Å². The zero-order chi connectivity index (χ0) is 25.0. The lowest BCUT2D eigenvalue weighted by Gasteiger charge is -2.25. The number of ether oxygens (including phenoxy) is 2. The van der Waals surface area contributed by atoms with Crippen LogP contribution in [0.5, 0.6) is 11.5 Å². The largest absolute Gasteiger partial charge is 0.486 e. The lowest BCUT2D eigenvalue weighted by Crippen LogP contribution is -2.41. The highest BCUT2D eigenvalue weighted by atomic mass is 32.2. The second kappa shape index (κ2) is 10.0. The van der Waals surface area contributed by atoms with Crippen LogP contribution in [0, 0.1) is 10.1 Å². The molecule has 182 valence electrons. The molecule has 0 bridgehead atoms. The number of hydrogen-bond acceptors (Lipinski definition) is 7. The Morgan fingerprint density at radius 2 is 1.74 bits per heavy atom. The van der Waals surface area contributed by atoms with E-state index >= 15 is 0 Å². The minimum absolute atomic E-state index is 0.00480. The van der Waals surface area contributed by atoms with Gasteiger partial charge >= 0.3 is 0 Å². The molecule has 0 spiro atoms. The SMILES string of the molecule is C[C@@H](NC(=O)CN(c1cccc([N+](=O)[O-])c1)S(=O)(=O)c1ccccc1)c1ccc2c(c1)OCCO2. The van der Waals surface area contributed by atoms with Gasteiger partial charge in [0.1, 0.15) is 19.8 Å². The fourth-order valence-electron chi connectivity index (χ4n) is 3.63. The van der Waals surface area contributed by atoms with Crippen molar-refractivity contribution in [3.63, 3.8) is 0 Å². The third-order valence-corrected chi connectivity index (χ3v) is 7.18. The second-order valence-electron chi connectivity index (χ2n) is 7.79. The normalized spacial score (nSPS) is 13.5. The molecule has 0 fully saturated rings. The van der Waals surface area contributed by atoms with Crippen molar-refractivity contribution in [3.05, 3.63) is 88.5 Å². The van der Waals surface area contributed by atoms with Gasteiger partial charge in [-0.2, -0.15) is 0 Å². The molecule has 1 heterocycles. The third kappa shape index (κ3) is 5.35. The monoisotopic (exact) mass is 497 g/mol. The average molecular weight is 498 g/mol. The summed E-state index contributed by atoms with van der Waals surface area (Å²) in [6, 6.07) is 17.6. The zero-order valence-corrected chi connectivity index (χ0v) is 19.6. The first kappa shape index (κ1) is 24.0. The average Bonchev–Trinajstić information content (AvgIpc) is 2.87. The fourth-order valence-corrected chi connectivity index (χ4v) is 5.06. The van der Waals surface area contributed by atoms with Gasteiger partial charge in [0.15, 0.2) is 11.5 Å². The van der Waals surface area contributed by atoms with Crippen LogP contribution in [0.25, 0.3) is 0 Å². The van der Waals surface area contributed by atoms with E-state index in [-0.39, 0.29) is 16.3 Å². The van der Waals surface area contributed by atoms with E-state index in [0.717, 1.165) is 15.9 Å². The first-order chi connectivity index (χ1) is 16.8. The minimum Gasteiger partial charge on any atom is -0.486 e. The lowest BCUT2D eigenvalue weighted by atomic mass is 10.1. The third-order valence-electron chi connectivity index (χ3n) is 5.39. The van der Waals surface area contributed by atoms with E-state index in [4.69, 9.17) is 9.47 Å². The highest BCUT2D eigenvalue weighted by Crippen LogP contribution is 2.33. The lowest BCUT2D eigenvalue weighted by molar-refractivity contribution is -0.384. The number of rotatable bonds is 8. The van der Waals surface area contributed by atoms with Crippen LogP contribution >= 0.6 is 0 Å². The summed E-state index contributed by atoms with van der Waals surface area (Å²) in [5.41, 5.74) is 0.460. The summed E-state index contributed by atoms with van der Waals surface area (Å²) in [6.07, 6.45) is 0. The van der Waals surface area contributed by atoms with Gasteiger partial charge < -0.3 is 14.8 Å². The molecule has 1 aliphatic rings. The number of carbonyl (C=O) groups is 1. The molecule has 4 rings (SSSR count). The molecule has 0 saturated heterocycles. The predicted octanol–water partition coefficient (Wildman–Crippen LogP) is 3.44. The van der Waals surface area contributed by atoms with E-state index in [1.54, 1.807) is 43.3 Å². The highest BCUT2D eigenvalue weighted by molar-refractivity contribution is 7.92. The van der Waals surface area contributed by atoms with Crippen LogP contribution in [0.2, 0.25) is 0 Å². The fraction of sp³-hybridized carbons (Fsp3) is 0.208. The van der Waals surface area contributed by atoms with E-state index in [9.17, 15) is 23.3 Å². The van der Waals surface area contributed by atoms with Crippen LogP contribution in [0.4, 0.5) is 11.4 Å². The Kier molecular flexibility index (Phi) is 6.87. The Balaban J connectivity index is 1.60. The van der Waals surface area contributed by atoms with Crippen molar-refractivity contribution >= 4 is 27.3 Å². The molecule has 0 aliphatic carbocycles. The Bertz CT molecular complexity index is 1350. The molecule has 1 atom stereocenters. The van der Waals surface area contributed by atoms with Gasteiger partial charge in [-0.15, -0.1) is 0 Å². The first-order valence-corrected chi connectivity index (χ1v) is 12.2. The smallest absolute Gasteiger partial charge is 0.271 e. The number of hydrogen-bond donors (Lipinski definition) is 1. The molecule has 10 nitrogen and oxygen atoms in total. The molecule has 0 saturated carbocycles. The molecule has 35 heavy (non-hydrogen) atoms. The Morgan fingerprint density at radius 3 is 2.46 bits per heavy atom. The number of amides is 1. The van der Waals surface area contributed by atoms with Gasteiger partial charge in [-0.1, -0.05) is 30.3 Å². The van der Waals surface area contributed by atoms with Gasteiger partial charge in [0.2, 0.25) is 5.91 Å². The maximum Gasteiger partial charge on any atom is 0.271 e. The summed E-state index contributed by atoms with van der Waals surface area (Å²) >= 11 is 0. The summed E-state index contributed by atoms with van der Waals surface area (Å²) < 4.78 is 38.8. The van der Waals surface area contributed by atoms with Gasteiger partial charge in [-0.3, -0.25) is 19.2 Å². The van der Waals surface area contributed by atoms with Crippen molar-refractivity contribution in [2.24, 2.45) is 0 Å². The van der Waals surface area contributed by atoms with Gasteiger partial charge in [-0.05, 0) is 42.8 Å². The van der Waals surface area contributed by atoms with E-state index in [2.05, 4.69) is 5.32 Å². The summed E-state index contributed by atoms with van der Waals surface area (Å²) in [6.45, 7) is 2.06. The second-order valence-corrected chi connectivity index (χ2v) is 9.66. The van der Waals surface area contributed by atoms with E-state index in [1.807, 2.05) is 0 Å². The van der Waals surface area contributed by atoms with Gasteiger partial charge in [0.05, 0.1) is 21.5 Å². The molecule has 1 N–H and O–H groups in total. The molecule has 3 aromatic rings. The summed E-state index contributed by atoms with van der Waals surface area (Å²) in [7, 11) is -4.19. The maximum absolute atomic E-state index is 13.4. The molecular formula is C24H23N3O7S. The molecule has 1 amide bonds. The van der Waals surface area contributed by atoms with Crippen molar-refractivity contribution in [1.29, 1.82) is 0 Å². The molecule has 11 heteroatoms. The van der Waals surface area contributed by atoms with Gasteiger partial charge in [0.25, 0.3) is 15.7 Å². The van der Waals surface area contributed by atoms with Crippen LogP contribution in [0.3, 0.4) is 0 Å². The number of fused-ring (bicyclic) bond motifs is 1. The molecule has 0 unspecified atom stereocenters. The predicted molar refractivity (Wildman–Crippen MR) is 128 cm³/mol. The van der Waals surface area contributed by atoms with E-state index in [1.165, 1.54) is 30.3 Å². The number of anilines is 1. The Hall–Kier alpha value is -4.12. The van der Waals surface area contributed by atoms with Crippen LogP contribution in [0.15, 0.2) is 77.7 Å². The van der Waals surface area contributed by atoms with E-state index < -0.39 is 33.4 Å². The number of nitrogens with zero attached hydrogens (tertiary/aromatic N) is 2. The zero-order valence-electron chi connectivity index (χ0n) is 18.8. The quantitative estimate of drug-likeness (QED) is 0.373. The number of nitro groups is 1. The summed E-state index contributed by atoms with van der Waals surface area (Å²) in [5, 5.41) is 14.1. The van der Waals surface area contributed by atoms with E-state index in [0.29, 0.717) is 24.7 Å². The highest BCUT2D eigenvalue weighted by Gasteiger charge is 2.29. The number of non-ortho nitro benzene ring substituents is 1. The molecule has 1 aliphatic heterocycles. The number of nitrogens with one attached hydrogen (secondary N) is 1. The van der Waals surface area contributed by atoms with Crippen molar-refractivity contribution in [2.75, 3.05) is 24.1 Å². The number of nitro benzene ring substituents is 1. The number of sulfonamides is 1. The van der Waals surface area contributed by atoms with Crippen LogP contribution in [-0.2, 0) is 14.8 Å². The van der Waals surface area contributed by atoms with Crippen molar-refractivity contribution in [3.8, 4) is 11.5 Å². The number of carbonyl (C=O) groups excluding carboxylic acids is 1. The van der Waals surface area contributed by atoms with Crippen molar-refractivity contribution in [2.45, 2.75) is 17.9 Å². The Morgan fingerprint density at radius 1 is 1.03 bits per heavy atom. The van der Waals surface area contributed by atoms with Crippen LogP contribution < -0.4 is 19.1 Å². The summed E-state index contributed by atoms with van der Waals surface area (Å²) in [4.78, 5) is 23.6. The van der Waals surface area contributed by atoms with Crippen molar-refractivity contribution < 1.29 is 27.6 Å². The molecule has 3 aromatic carbocycles. The Labute approximate surface area is 202 Å².